The number of halogens is 1. The van der Waals surface area contributed by atoms with Crippen LogP contribution in [0.3, 0.4) is 0 Å². The molecule has 0 spiro atoms. The van der Waals surface area contributed by atoms with Gasteiger partial charge in [0.2, 0.25) is 0 Å². The minimum atomic E-state index is -0.276. The maximum Gasteiger partial charge on any atom is 0.164 e. The molecule has 3 heterocycles. The quantitative estimate of drug-likeness (QED) is 0.603. The summed E-state index contributed by atoms with van der Waals surface area (Å²) in [5, 5.41) is 3.16. The summed E-state index contributed by atoms with van der Waals surface area (Å²) in [7, 11) is 0. The Balaban J connectivity index is 1.78. The van der Waals surface area contributed by atoms with Crippen LogP contribution in [0.1, 0.15) is 0 Å². The van der Waals surface area contributed by atoms with Crippen molar-refractivity contribution >= 4 is 16.9 Å². The standard InChI is InChI=1S/C19H13FN4O/c20-13-5-3-12(4-6-13)18-23-16-2-1-9-21-19(16)24(18)14-7-8-15-17(10-14)25-11-22-15/h1-10,22H,11H2. The number of rotatable bonds is 2. The van der Waals surface area contributed by atoms with Gasteiger partial charge in [-0.1, -0.05) is 0 Å². The molecule has 0 atom stereocenters. The van der Waals surface area contributed by atoms with E-state index in [9.17, 15) is 4.39 Å². The van der Waals surface area contributed by atoms with Crippen molar-refractivity contribution in [3.8, 4) is 22.8 Å². The Labute approximate surface area is 142 Å². The van der Waals surface area contributed by atoms with Gasteiger partial charge in [0, 0.05) is 17.8 Å². The third kappa shape index (κ3) is 2.22. The van der Waals surface area contributed by atoms with Gasteiger partial charge in [-0.3, -0.25) is 4.57 Å². The number of pyridine rings is 1. The topological polar surface area (TPSA) is 52.0 Å². The Hall–Kier alpha value is -3.41. The van der Waals surface area contributed by atoms with E-state index >= 15 is 0 Å². The van der Waals surface area contributed by atoms with Crippen molar-refractivity contribution in [2.75, 3.05) is 12.0 Å². The molecule has 0 saturated heterocycles. The van der Waals surface area contributed by atoms with E-state index in [0.717, 1.165) is 33.9 Å². The fourth-order valence-corrected chi connectivity index (χ4v) is 3.06. The van der Waals surface area contributed by atoms with E-state index in [4.69, 9.17) is 9.72 Å². The van der Waals surface area contributed by atoms with E-state index in [1.54, 1.807) is 18.3 Å². The van der Waals surface area contributed by atoms with Crippen molar-refractivity contribution in [1.82, 2.24) is 14.5 Å². The largest absolute Gasteiger partial charge is 0.471 e. The van der Waals surface area contributed by atoms with Gasteiger partial charge in [0.05, 0.1) is 11.4 Å². The number of hydrogen-bond acceptors (Lipinski definition) is 4. The van der Waals surface area contributed by atoms with Gasteiger partial charge in [0.15, 0.2) is 12.4 Å². The number of nitrogens with zero attached hydrogens (tertiary/aromatic N) is 3. The molecule has 1 aliphatic heterocycles. The molecule has 0 amide bonds. The van der Waals surface area contributed by atoms with E-state index in [-0.39, 0.29) is 5.82 Å². The SMILES string of the molecule is Fc1ccc(-c2nc3cccnc3n2-c2ccc3c(c2)OCN3)cc1. The highest BCUT2D eigenvalue weighted by atomic mass is 19.1. The lowest BCUT2D eigenvalue weighted by Crippen LogP contribution is -1.99. The first-order valence-electron chi connectivity index (χ1n) is 7.90. The van der Waals surface area contributed by atoms with Crippen LogP contribution in [0, 0.1) is 5.82 Å². The average Bonchev–Trinajstić information content (AvgIpc) is 3.26. The molecule has 1 aliphatic rings. The zero-order chi connectivity index (χ0) is 16.8. The highest BCUT2D eigenvalue weighted by Crippen LogP contribution is 2.34. The Morgan fingerprint density at radius 2 is 1.96 bits per heavy atom. The molecule has 0 radical (unpaired) electrons. The molecule has 1 N–H and O–H groups in total. The molecule has 0 saturated carbocycles. The predicted molar refractivity (Wildman–Crippen MR) is 93.4 cm³/mol. The minimum absolute atomic E-state index is 0.276. The smallest absolute Gasteiger partial charge is 0.164 e. The zero-order valence-electron chi connectivity index (χ0n) is 13.1. The van der Waals surface area contributed by atoms with Gasteiger partial charge in [-0.15, -0.1) is 0 Å². The molecule has 0 aliphatic carbocycles. The van der Waals surface area contributed by atoms with E-state index < -0.39 is 0 Å². The average molecular weight is 332 g/mol. The first kappa shape index (κ1) is 14.0. The number of imidazole rings is 1. The van der Waals surface area contributed by atoms with Crippen molar-refractivity contribution < 1.29 is 9.13 Å². The molecule has 0 fully saturated rings. The third-order valence-corrected chi connectivity index (χ3v) is 4.23. The van der Waals surface area contributed by atoms with E-state index in [1.165, 1.54) is 12.1 Å². The Kier molecular flexibility index (Phi) is 2.97. The van der Waals surface area contributed by atoms with Gasteiger partial charge in [0.1, 0.15) is 22.9 Å². The molecule has 0 unspecified atom stereocenters. The van der Waals surface area contributed by atoms with E-state index in [0.29, 0.717) is 12.6 Å². The molecule has 6 heteroatoms. The molecular formula is C19H13FN4O. The summed E-state index contributed by atoms with van der Waals surface area (Å²) in [6.45, 7) is 0.465. The maximum absolute atomic E-state index is 13.3. The van der Waals surface area contributed by atoms with Crippen molar-refractivity contribution in [1.29, 1.82) is 0 Å². The number of fused-ring (bicyclic) bond motifs is 2. The first-order chi connectivity index (χ1) is 12.3. The van der Waals surface area contributed by atoms with Gasteiger partial charge < -0.3 is 10.1 Å². The summed E-state index contributed by atoms with van der Waals surface area (Å²) in [6.07, 6.45) is 1.74. The Morgan fingerprint density at radius 3 is 2.84 bits per heavy atom. The normalized spacial score (nSPS) is 12.7. The number of anilines is 1. The van der Waals surface area contributed by atoms with Crippen LogP contribution < -0.4 is 10.1 Å². The van der Waals surface area contributed by atoms with Crippen LogP contribution in [-0.2, 0) is 0 Å². The maximum atomic E-state index is 13.3. The molecular weight excluding hydrogens is 319 g/mol. The second-order valence-corrected chi connectivity index (χ2v) is 5.77. The summed E-state index contributed by atoms with van der Waals surface area (Å²) in [5.74, 6) is 1.22. The zero-order valence-corrected chi connectivity index (χ0v) is 13.1. The fourth-order valence-electron chi connectivity index (χ4n) is 3.06. The van der Waals surface area contributed by atoms with Crippen LogP contribution in [0.4, 0.5) is 10.1 Å². The van der Waals surface area contributed by atoms with Gasteiger partial charge >= 0.3 is 0 Å². The monoisotopic (exact) mass is 332 g/mol. The summed E-state index contributed by atoms with van der Waals surface area (Å²) < 4.78 is 20.9. The number of nitrogens with one attached hydrogen (secondary N) is 1. The molecule has 25 heavy (non-hydrogen) atoms. The van der Waals surface area contributed by atoms with Gasteiger partial charge in [0.25, 0.3) is 0 Å². The summed E-state index contributed by atoms with van der Waals surface area (Å²) in [4.78, 5) is 9.19. The third-order valence-electron chi connectivity index (χ3n) is 4.23. The van der Waals surface area contributed by atoms with Crippen molar-refractivity contribution in [3.63, 3.8) is 0 Å². The molecule has 122 valence electrons. The van der Waals surface area contributed by atoms with Crippen molar-refractivity contribution in [2.24, 2.45) is 0 Å². The minimum Gasteiger partial charge on any atom is -0.471 e. The summed E-state index contributed by atoms with van der Waals surface area (Å²) in [5.41, 5.74) is 4.19. The number of benzene rings is 2. The molecule has 5 rings (SSSR count). The number of aromatic nitrogens is 3. The van der Waals surface area contributed by atoms with Gasteiger partial charge in [-0.2, -0.15) is 0 Å². The highest BCUT2D eigenvalue weighted by Gasteiger charge is 2.18. The first-order valence-corrected chi connectivity index (χ1v) is 7.90. The fraction of sp³-hybridized carbons (Fsp3) is 0.0526. The van der Waals surface area contributed by atoms with Crippen LogP contribution in [-0.4, -0.2) is 21.3 Å². The van der Waals surface area contributed by atoms with Crippen molar-refractivity contribution in [3.05, 3.63) is 66.6 Å². The lowest BCUT2D eigenvalue weighted by atomic mass is 10.2. The van der Waals surface area contributed by atoms with E-state index in [2.05, 4.69) is 10.3 Å². The van der Waals surface area contributed by atoms with Crippen LogP contribution in [0.2, 0.25) is 0 Å². The van der Waals surface area contributed by atoms with Gasteiger partial charge in [-0.25, -0.2) is 14.4 Å². The lowest BCUT2D eigenvalue weighted by Gasteiger charge is -2.10. The van der Waals surface area contributed by atoms with Crippen LogP contribution >= 0.6 is 0 Å². The van der Waals surface area contributed by atoms with Gasteiger partial charge in [-0.05, 0) is 48.5 Å². The van der Waals surface area contributed by atoms with E-state index in [1.807, 2.05) is 34.9 Å². The Morgan fingerprint density at radius 1 is 1.08 bits per heavy atom. The summed E-state index contributed by atoms with van der Waals surface area (Å²) >= 11 is 0. The van der Waals surface area contributed by atoms with Crippen LogP contribution in [0.5, 0.6) is 5.75 Å². The molecule has 5 nitrogen and oxygen atoms in total. The van der Waals surface area contributed by atoms with Crippen LogP contribution in [0.25, 0.3) is 28.2 Å². The molecule has 2 aromatic carbocycles. The highest BCUT2D eigenvalue weighted by molar-refractivity contribution is 5.80. The lowest BCUT2D eigenvalue weighted by molar-refractivity contribution is 0.372. The second-order valence-electron chi connectivity index (χ2n) is 5.77. The van der Waals surface area contributed by atoms with Crippen molar-refractivity contribution in [2.45, 2.75) is 0 Å². The summed E-state index contributed by atoms with van der Waals surface area (Å²) in [6, 6.07) is 16.0. The number of ether oxygens (including phenoxy) is 1. The van der Waals surface area contributed by atoms with Crippen LogP contribution in [0.15, 0.2) is 60.8 Å². The second kappa shape index (κ2) is 5.31. The molecule has 2 aromatic heterocycles. The Bertz CT molecular complexity index is 1090. The number of hydrogen-bond donors (Lipinski definition) is 1. The molecule has 4 aromatic rings. The molecule has 0 bridgehead atoms. The predicted octanol–water partition coefficient (Wildman–Crippen LogP) is 3.99.